The largest absolute Gasteiger partial charge is 0.336 e. The van der Waals surface area contributed by atoms with Gasteiger partial charge in [-0.1, -0.05) is 17.9 Å². The number of pyridine rings is 2. The second-order valence-corrected chi connectivity index (χ2v) is 4.46. The Morgan fingerprint density at radius 1 is 1.33 bits per heavy atom. The molecule has 2 aromatic rings. The normalized spacial score (nSPS) is 9.62. The lowest BCUT2D eigenvalue weighted by Crippen LogP contribution is -2.27. The van der Waals surface area contributed by atoms with Crippen LogP contribution < -0.4 is 5.73 Å². The maximum Gasteiger partial charge on any atom is 0.272 e. The van der Waals surface area contributed by atoms with Crippen molar-refractivity contribution in [2.24, 2.45) is 5.73 Å². The zero-order valence-corrected chi connectivity index (χ0v) is 11.8. The third-order valence-electron chi connectivity index (χ3n) is 2.81. The van der Waals surface area contributed by atoms with Crippen LogP contribution in [0.4, 0.5) is 0 Å². The Kier molecular flexibility index (Phi) is 5.02. The molecule has 2 aromatic heterocycles. The van der Waals surface area contributed by atoms with Crippen molar-refractivity contribution in [3.63, 3.8) is 0 Å². The molecule has 5 heteroatoms. The summed E-state index contributed by atoms with van der Waals surface area (Å²) < 4.78 is 0. The first-order valence-electron chi connectivity index (χ1n) is 6.50. The van der Waals surface area contributed by atoms with Gasteiger partial charge in [0.2, 0.25) is 0 Å². The maximum atomic E-state index is 12.3. The molecule has 0 saturated carbocycles. The molecule has 0 atom stereocenters. The number of carbonyl (C=O) groups excluding carboxylic acids is 1. The van der Waals surface area contributed by atoms with Crippen LogP contribution in [0.3, 0.4) is 0 Å². The van der Waals surface area contributed by atoms with Crippen molar-refractivity contribution in [2.45, 2.75) is 6.54 Å². The van der Waals surface area contributed by atoms with Gasteiger partial charge < -0.3 is 10.6 Å². The summed E-state index contributed by atoms with van der Waals surface area (Å²) in [5.74, 6) is 5.47. The summed E-state index contributed by atoms with van der Waals surface area (Å²) >= 11 is 0. The molecule has 0 aliphatic rings. The van der Waals surface area contributed by atoms with E-state index in [1.807, 2.05) is 12.1 Å². The van der Waals surface area contributed by atoms with E-state index in [1.54, 1.807) is 42.7 Å². The molecule has 0 saturated heterocycles. The van der Waals surface area contributed by atoms with E-state index in [0.29, 0.717) is 18.8 Å². The average Bonchev–Trinajstić information content (AvgIpc) is 2.53. The quantitative estimate of drug-likeness (QED) is 0.853. The third-order valence-corrected chi connectivity index (χ3v) is 2.81. The highest BCUT2D eigenvalue weighted by Crippen LogP contribution is 2.06. The van der Waals surface area contributed by atoms with Crippen LogP contribution in [0.15, 0.2) is 42.9 Å². The van der Waals surface area contributed by atoms with Gasteiger partial charge in [-0.15, -0.1) is 0 Å². The van der Waals surface area contributed by atoms with Crippen LogP contribution in [-0.2, 0) is 6.54 Å². The fourth-order valence-electron chi connectivity index (χ4n) is 1.78. The molecule has 106 valence electrons. The highest BCUT2D eigenvalue weighted by Gasteiger charge is 2.13. The molecule has 0 radical (unpaired) electrons. The molecular formula is C16H16N4O. The number of hydrogen-bond donors (Lipinski definition) is 1. The standard InChI is InChI=1S/C16H16N4O/c1-20(12-14-5-3-9-18-10-14)16(21)15-7-6-13(11-19-15)4-2-8-17/h3,5-7,9-11H,8,12,17H2,1H3. The molecule has 2 N–H and O–H groups in total. The van der Waals surface area contributed by atoms with Crippen LogP contribution in [0, 0.1) is 11.8 Å². The van der Waals surface area contributed by atoms with Gasteiger partial charge in [-0.05, 0) is 23.8 Å². The molecule has 2 rings (SSSR count). The lowest BCUT2D eigenvalue weighted by Gasteiger charge is -2.16. The van der Waals surface area contributed by atoms with Crippen molar-refractivity contribution in [2.75, 3.05) is 13.6 Å². The topological polar surface area (TPSA) is 72.1 Å². The van der Waals surface area contributed by atoms with E-state index in [-0.39, 0.29) is 5.91 Å². The number of rotatable bonds is 3. The summed E-state index contributed by atoms with van der Waals surface area (Å²) in [6.45, 7) is 0.789. The monoisotopic (exact) mass is 280 g/mol. The van der Waals surface area contributed by atoms with Crippen LogP contribution in [0.2, 0.25) is 0 Å². The predicted molar refractivity (Wildman–Crippen MR) is 80.2 cm³/mol. The summed E-state index contributed by atoms with van der Waals surface area (Å²) in [4.78, 5) is 22.0. The van der Waals surface area contributed by atoms with Crippen LogP contribution in [0.1, 0.15) is 21.6 Å². The van der Waals surface area contributed by atoms with Gasteiger partial charge in [0.05, 0.1) is 6.54 Å². The van der Waals surface area contributed by atoms with E-state index in [0.717, 1.165) is 11.1 Å². The van der Waals surface area contributed by atoms with Gasteiger partial charge >= 0.3 is 0 Å². The summed E-state index contributed by atoms with van der Waals surface area (Å²) in [5.41, 5.74) is 7.41. The van der Waals surface area contributed by atoms with Crippen molar-refractivity contribution >= 4 is 5.91 Å². The molecule has 0 aliphatic heterocycles. The van der Waals surface area contributed by atoms with E-state index >= 15 is 0 Å². The van der Waals surface area contributed by atoms with E-state index in [2.05, 4.69) is 21.8 Å². The van der Waals surface area contributed by atoms with E-state index in [4.69, 9.17) is 5.73 Å². The van der Waals surface area contributed by atoms with Crippen LogP contribution in [0.25, 0.3) is 0 Å². The minimum Gasteiger partial charge on any atom is -0.336 e. The summed E-state index contributed by atoms with van der Waals surface area (Å²) in [6.07, 6.45) is 5.02. The molecule has 2 heterocycles. The van der Waals surface area contributed by atoms with Crippen molar-refractivity contribution in [1.29, 1.82) is 0 Å². The molecule has 21 heavy (non-hydrogen) atoms. The number of amides is 1. The van der Waals surface area contributed by atoms with E-state index < -0.39 is 0 Å². The van der Waals surface area contributed by atoms with Gasteiger partial charge in [0.15, 0.2) is 0 Å². The Hall–Kier alpha value is -2.71. The van der Waals surface area contributed by atoms with Crippen LogP contribution in [0.5, 0.6) is 0 Å². The molecular weight excluding hydrogens is 264 g/mol. The fraction of sp³-hybridized carbons (Fsp3) is 0.188. The van der Waals surface area contributed by atoms with Gasteiger partial charge in [0.25, 0.3) is 5.91 Å². The van der Waals surface area contributed by atoms with Gasteiger partial charge in [0.1, 0.15) is 5.69 Å². The average molecular weight is 280 g/mol. The van der Waals surface area contributed by atoms with Gasteiger partial charge in [-0.3, -0.25) is 9.78 Å². The zero-order valence-electron chi connectivity index (χ0n) is 11.8. The van der Waals surface area contributed by atoms with Crippen molar-refractivity contribution in [3.05, 3.63) is 59.7 Å². The summed E-state index contributed by atoms with van der Waals surface area (Å²) in [7, 11) is 1.74. The second kappa shape index (κ2) is 7.17. The maximum absolute atomic E-state index is 12.3. The number of hydrogen-bond acceptors (Lipinski definition) is 4. The molecule has 5 nitrogen and oxygen atoms in total. The SMILES string of the molecule is CN(Cc1cccnc1)C(=O)c1ccc(C#CCN)cn1. The molecule has 0 spiro atoms. The molecule has 0 aliphatic carbocycles. The Morgan fingerprint density at radius 2 is 2.19 bits per heavy atom. The van der Waals surface area contributed by atoms with Crippen LogP contribution >= 0.6 is 0 Å². The van der Waals surface area contributed by atoms with Crippen molar-refractivity contribution in [1.82, 2.24) is 14.9 Å². The highest BCUT2D eigenvalue weighted by atomic mass is 16.2. The third kappa shape index (κ3) is 4.13. The molecule has 1 amide bonds. The van der Waals surface area contributed by atoms with Crippen molar-refractivity contribution in [3.8, 4) is 11.8 Å². The Bertz CT molecular complexity index is 656. The number of nitrogens with two attached hydrogens (primary N) is 1. The number of nitrogens with zero attached hydrogens (tertiary/aromatic N) is 3. The first-order chi connectivity index (χ1) is 10.2. The Labute approximate surface area is 123 Å². The second-order valence-electron chi connectivity index (χ2n) is 4.46. The first kappa shape index (κ1) is 14.7. The summed E-state index contributed by atoms with van der Waals surface area (Å²) in [5, 5.41) is 0. The lowest BCUT2D eigenvalue weighted by atomic mass is 10.2. The minimum absolute atomic E-state index is 0.141. The smallest absolute Gasteiger partial charge is 0.272 e. The molecule has 0 fully saturated rings. The Morgan fingerprint density at radius 3 is 2.81 bits per heavy atom. The van der Waals surface area contributed by atoms with Gasteiger partial charge in [-0.25, -0.2) is 4.98 Å². The van der Waals surface area contributed by atoms with Gasteiger partial charge in [0, 0.05) is 37.7 Å². The van der Waals surface area contributed by atoms with Crippen molar-refractivity contribution < 1.29 is 4.79 Å². The molecule has 0 aromatic carbocycles. The molecule has 0 bridgehead atoms. The zero-order chi connectivity index (χ0) is 15.1. The molecule has 0 unspecified atom stereocenters. The summed E-state index contributed by atoms with van der Waals surface area (Å²) in [6, 6.07) is 7.20. The minimum atomic E-state index is -0.141. The lowest BCUT2D eigenvalue weighted by molar-refractivity contribution is 0.0779. The van der Waals surface area contributed by atoms with E-state index in [9.17, 15) is 4.79 Å². The highest BCUT2D eigenvalue weighted by molar-refractivity contribution is 5.92. The first-order valence-corrected chi connectivity index (χ1v) is 6.50. The predicted octanol–water partition coefficient (Wildman–Crippen LogP) is 1.06. The number of aromatic nitrogens is 2. The Balaban J connectivity index is 2.05. The van der Waals surface area contributed by atoms with E-state index in [1.165, 1.54) is 0 Å². The number of carbonyl (C=O) groups is 1. The van der Waals surface area contributed by atoms with Gasteiger partial charge in [-0.2, -0.15) is 0 Å². The fourth-order valence-corrected chi connectivity index (χ4v) is 1.78. The van der Waals surface area contributed by atoms with Crippen LogP contribution in [-0.4, -0.2) is 34.4 Å².